The first-order valence-corrected chi connectivity index (χ1v) is 6.88. The summed E-state index contributed by atoms with van der Waals surface area (Å²) >= 11 is 0. The van der Waals surface area contributed by atoms with Gasteiger partial charge in [-0.2, -0.15) is 5.10 Å². The molecule has 5 nitrogen and oxygen atoms in total. The first kappa shape index (κ1) is 13.9. The summed E-state index contributed by atoms with van der Waals surface area (Å²) in [6.45, 7) is 5.78. The predicted molar refractivity (Wildman–Crippen MR) is 71.7 cm³/mol. The van der Waals surface area contributed by atoms with Gasteiger partial charge in [-0.05, 0) is 46.5 Å². The van der Waals surface area contributed by atoms with Gasteiger partial charge in [0.15, 0.2) is 11.4 Å². The Kier molecular flexibility index (Phi) is 3.83. The minimum atomic E-state index is -0.988. The fraction of sp³-hybridized carbons (Fsp3) is 0.714. The molecular weight excluding hydrogens is 244 g/mol. The molecule has 1 N–H and O–H groups in total. The van der Waals surface area contributed by atoms with E-state index in [1.807, 2.05) is 20.8 Å². The first-order chi connectivity index (χ1) is 8.89. The van der Waals surface area contributed by atoms with Crippen molar-refractivity contribution in [3.05, 3.63) is 11.9 Å². The average molecular weight is 266 g/mol. The summed E-state index contributed by atoms with van der Waals surface area (Å²) in [5, 5.41) is 13.6. The molecule has 1 aliphatic rings. The van der Waals surface area contributed by atoms with E-state index in [-0.39, 0.29) is 17.3 Å². The van der Waals surface area contributed by atoms with Gasteiger partial charge in [-0.1, -0.05) is 6.42 Å². The molecule has 1 heterocycles. The molecular formula is C14H22N2O3. The highest BCUT2D eigenvalue weighted by Gasteiger charge is 2.28. The molecule has 0 unspecified atom stereocenters. The van der Waals surface area contributed by atoms with Crippen LogP contribution in [0.5, 0.6) is 5.75 Å². The Morgan fingerprint density at radius 2 is 2.00 bits per heavy atom. The lowest BCUT2D eigenvalue weighted by atomic mass is 9.98. The van der Waals surface area contributed by atoms with Crippen molar-refractivity contribution in [3.8, 4) is 5.75 Å². The second-order valence-electron chi connectivity index (χ2n) is 6.12. The van der Waals surface area contributed by atoms with Gasteiger partial charge < -0.3 is 9.84 Å². The number of carboxylic acids is 1. The lowest BCUT2D eigenvalue weighted by Gasteiger charge is -2.24. The number of nitrogens with zero attached hydrogens (tertiary/aromatic N) is 2. The number of aromatic nitrogens is 2. The zero-order valence-electron chi connectivity index (χ0n) is 11.8. The van der Waals surface area contributed by atoms with Crippen molar-refractivity contribution in [1.82, 2.24) is 9.78 Å². The third-order valence-corrected chi connectivity index (χ3v) is 3.42. The van der Waals surface area contributed by atoms with E-state index >= 15 is 0 Å². The Morgan fingerprint density at radius 3 is 2.53 bits per heavy atom. The van der Waals surface area contributed by atoms with E-state index < -0.39 is 5.97 Å². The van der Waals surface area contributed by atoms with Gasteiger partial charge in [0, 0.05) is 0 Å². The summed E-state index contributed by atoms with van der Waals surface area (Å²) in [7, 11) is 0. The van der Waals surface area contributed by atoms with E-state index in [9.17, 15) is 9.90 Å². The van der Waals surface area contributed by atoms with Gasteiger partial charge in [-0.3, -0.25) is 0 Å². The van der Waals surface area contributed by atoms with Crippen LogP contribution in [0, 0.1) is 0 Å². The Labute approximate surface area is 113 Å². The summed E-state index contributed by atoms with van der Waals surface area (Å²) in [6.07, 6.45) is 7.21. The second kappa shape index (κ2) is 5.23. The number of hydrogen-bond acceptors (Lipinski definition) is 3. The number of aromatic carboxylic acids is 1. The van der Waals surface area contributed by atoms with Gasteiger partial charge in [0.25, 0.3) is 0 Å². The maximum atomic E-state index is 11.5. The molecule has 0 bridgehead atoms. The van der Waals surface area contributed by atoms with Crippen molar-refractivity contribution in [1.29, 1.82) is 0 Å². The van der Waals surface area contributed by atoms with E-state index in [0.717, 1.165) is 25.7 Å². The van der Waals surface area contributed by atoms with Crippen LogP contribution in [-0.4, -0.2) is 27.0 Å². The molecule has 0 aliphatic heterocycles. The number of carbonyl (C=O) groups is 1. The number of ether oxygens (including phenoxy) is 1. The molecule has 1 fully saturated rings. The zero-order valence-corrected chi connectivity index (χ0v) is 11.8. The van der Waals surface area contributed by atoms with Crippen LogP contribution in [-0.2, 0) is 5.54 Å². The van der Waals surface area contributed by atoms with E-state index in [2.05, 4.69) is 5.10 Å². The van der Waals surface area contributed by atoms with Crippen molar-refractivity contribution in [2.24, 2.45) is 0 Å². The fourth-order valence-corrected chi connectivity index (χ4v) is 2.49. The molecule has 0 atom stereocenters. The maximum Gasteiger partial charge on any atom is 0.358 e. The molecule has 19 heavy (non-hydrogen) atoms. The molecule has 1 aliphatic carbocycles. The quantitative estimate of drug-likeness (QED) is 0.913. The van der Waals surface area contributed by atoms with E-state index in [1.165, 1.54) is 17.3 Å². The average Bonchev–Trinajstić information content (AvgIpc) is 2.74. The highest BCUT2D eigenvalue weighted by Crippen LogP contribution is 2.28. The third-order valence-electron chi connectivity index (χ3n) is 3.42. The molecule has 1 saturated carbocycles. The molecule has 2 rings (SSSR count). The van der Waals surface area contributed by atoms with Gasteiger partial charge in [-0.25, -0.2) is 9.48 Å². The summed E-state index contributed by atoms with van der Waals surface area (Å²) in [6, 6.07) is 0. The molecule has 0 radical (unpaired) electrons. The second-order valence-corrected chi connectivity index (χ2v) is 6.12. The van der Waals surface area contributed by atoms with Crippen LogP contribution in [0.2, 0.25) is 0 Å². The van der Waals surface area contributed by atoms with Crippen molar-refractivity contribution >= 4 is 5.97 Å². The fourth-order valence-electron chi connectivity index (χ4n) is 2.49. The van der Waals surface area contributed by atoms with E-state index in [4.69, 9.17) is 4.74 Å². The van der Waals surface area contributed by atoms with Crippen molar-refractivity contribution < 1.29 is 14.6 Å². The highest BCUT2D eigenvalue weighted by atomic mass is 16.5. The topological polar surface area (TPSA) is 64.4 Å². The number of carboxylic acid groups (broad SMARTS) is 1. The molecule has 5 heteroatoms. The molecule has 1 aromatic heterocycles. The van der Waals surface area contributed by atoms with Gasteiger partial charge in [0.1, 0.15) is 0 Å². The predicted octanol–water partition coefficient (Wildman–Crippen LogP) is 3.05. The van der Waals surface area contributed by atoms with Gasteiger partial charge >= 0.3 is 5.97 Å². The lowest BCUT2D eigenvalue weighted by molar-refractivity contribution is 0.0662. The van der Waals surface area contributed by atoms with Crippen LogP contribution >= 0.6 is 0 Å². The molecule has 0 amide bonds. The minimum absolute atomic E-state index is 0.129. The number of hydrogen-bond donors (Lipinski definition) is 1. The van der Waals surface area contributed by atoms with Crippen LogP contribution in [0.3, 0.4) is 0 Å². The van der Waals surface area contributed by atoms with Crippen LogP contribution in [0.15, 0.2) is 6.20 Å². The van der Waals surface area contributed by atoms with Crippen LogP contribution in [0.4, 0.5) is 0 Å². The third kappa shape index (κ3) is 3.08. The monoisotopic (exact) mass is 266 g/mol. The zero-order chi connectivity index (χ0) is 14.0. The molecule has 0 saturated heterocycles. The summed E-state index contributed by atoms with van der Waals surface area (Å²) in [5.74, 6) is -0.590. The number of rotatable bonds is 3. The Balaban J connectivity index is 2.25. The normalized spacial score (nSPS) is 17.4. The highest BCUT2D eigenvalue weighted by molar-refractivity contribution is 5.88. The lowest BCUT2D eigenvalue weighted by Crippen LogP contribution is -2.28. The van der Waals surface area contributed by atoms with Crippen LogP contribution in [0.1, 0.15) is 63.4 Å². The van der Waals surface area contributed by atoms with Gasteiger partial charge in [0.05, 0.1) is 17.8 Å². The van der Waals surface area contributed by atoms with Crippen molar-refractivity contribution in [2.75, 3.05) is 0 Å². The molecule has 1 aromatic rings. The summed E-state index contributed by atoms with van der Waals surface area (Å²) in [5.41, 5.74) is -0.222. The standard InChI is InChI=1S/C14H22N2O3/c1-14(2,3)16-12(13(17)18)11(9-15-16)19-10-7-5-4-6-8-10/h9-10H,4-8H2,1-3H3,(H,17,18). The summed E-state index contributed by atoms with van der Waals surface area (Å²) < 4.78 is 7.38. The minimum Gasteiger partial charge on any atom is -0.486 e. The Morgan fingerprint density at radius 1 is 1.37 bits per heavy atom. The van der Waals surface area contributed by atoms with Crippen LogP contribution < -0.4 is 4.74 Å². The maximum absolute atomic E-state index is 11.5. The van der Waals surface area contributed by atoms with Crippen LogP contribution in [0.25, 0.3) is 0 Å². The molecule has 0 aromatic carbocycles. The van der Waals surface area contributed by atoms with E-state index in [1.54, 1.807) is 0 Å². The molecule has 0 spiro atoms. The Hall–Kier alpha value is -1.52. The van der Waals surface area contributed by atoms with Crippen molar-refractivity contribution in [3.63, 3.8) is 0 Å². The van der Waals surface area contributed by atoms with Crippen molar-refractivity contribution in [2.45, 2.75) is 64.5 Å². The molecule has 106 valence electrons. The largest absolute Gasteiger partial charge is 0.486 e. The first-order valence-electron chi connectivity index (χ1n) is 6.88. The SMILES string of the molecule is CC(C)(C)n1ncc(OC2CCCCC2)c1C(=O)O. The Bertz CT molecular complexity index is 454. The van der Waals surface area contributed by atoms with E-state index in [0.29, 0.717) is 5.75 Å². The van der Waals surface area contributed by atoms with Gasteiger partial charge in [0.2, 0.25) is 0 Å². The summed E-state index contributed by atoms with van der Waals surface area (Å²) in [4.78, 5) is 11.5. The van der Waals surface area contributed by atoms with Gasteiger partial charge in [-0.15, -0.1) is 0 Å². The smallest absolute Gasteiger partial charge is 0.358 e.